The van der Waals surface area contributed by atoms with Gasteiger partial charge in [-0.05, 0) is 36.4 Å². The molecule has 1 amide bonds. The maximum Gasteiger partial charge on any atom is 0.255 e. The van der Waals surface area contributed by atoms with Gasteiger partial charge in [-0.2, -0.15) is 9.50 Å². The highest BCUT2D eigenvalue weighted by atomic mass is 35.5. The van der Waals surface area contributed by atoms with Crippen molar-refractivity contribution in [3.05, 3.63) is 69.6 Å². The molecule has 1 aliphatic rings. The van der Waals surface area contributed by atoms with Crippen molar-refractivity contribution in [2.75, 3.05) is 31.1 Å². The zero-order valence-electron chi connectivity index (χ0n) is 16.6. The second kappa shape index (κ2) is 8.54. The van der Waals surface area contributed by atoms with Crippen LogP contribution in [0.15, 0.2) is 48.8 Å². The van der Waals surface area contributed by atoms with Gasteiger partial charge >= 0.3 is 0 Å². The zero-order valence-corrected chi connectivity index (χ0v) is 18.9. The molecule has 3 aromatic heterocycles. The van der Waals surface area contributed by atoms with Crippen LogP contribution in [0.5, 0.6) is 0 Å². The molecule has 4 aromatic rings. The molecular weight excluding hydrogens is 473 g/mol. The Morgan fingerprint density at radius 2 is 1.75 bits per heavy atom. The summed E-state index contributed by atoms with van der Waals surface area (Å²) in [5.74, 6) is 0.930. The average molecular weight is 489 g/mol. The van der Waals surface area contributed by atoms with E-state index in [1.807, 2.05) is 11.0 Å². The first kappa shape index (κ1) is 20.9. The van der Waals surface area contributed by atoms with Crippen molar-refractivity contribution in [3.63, 3.8) is 0 Å². The van der Waals surface area contributed by atoms with Crippen molar-refractivity contribution in [3.8, 4) is 11.3 Å². The van der Waals surface area contributed by atoms with Crippen LogP contribution in [-0.2, 0) is 0 Å². The summed E-state index contributed by atoms with van der Waals surface area (Å²) >= 11 is 18.4. The molecule has 32 heavy (non-hydrogen) atoms. The second-order valence-electron chi connectivity index (χ2n) is 7.23. The molecular formula is C21H16Cl3N7O. The van der Waals surface area contributed by atoms with E-state index in [4.69, 9.17) is 34.8 Å². The van der Waals surface area contributed by atoms with E-state index < -0.39 is 0 Å². The maximum atomic E-state index is 12.7. The normalized spacial score (nSPS) is 14.2. The summed E-state index contributed by atoms with van der Waals surface area (Å²) in [7, 11) is 0. The number of hydrogen-bond acceptors (Lipinski definition) is 6. The number of carbonyl (C=O) groups excluding carboxylic acids is 1. The first-order valence-corrected chi connectivity index (χ1v) is 11.0. The van der Waals surface area contributed by atoms with Crippen molar-refractivity contribution in [2.24, 2.45) is 0 Å². The largest absolute Gasteiger partial charge is 0.336 e. The van der Waals surface area contributed by atoms with E-state index >= 15 is 0 Å². The lowest BCUT2D eigenvalue weighted by Gasteiger charge is -2.34. The fraction of sp³-hybridized carbons (Fsp3) is 0.190. The molecule has 0 unspecified atom stereocenters. The van der Waals surface area contributed by atoms with Crippen molar-refractivity contribution < 1.29 is 4.79 Å². The van der Waals surface area contributed by atoms with Crippen molar-refractivity contribution in [1.29, 1.82) is 0 Å². The highest BCUT2D eigenvalue weighted by molar-refractivity contribution is 6.35. The van der Waals surface area contributed by atoms with E-state index in [0.29, 0.717) is 58.7 Å². The van der Waals surface area contributed by atoms with Crippen LogP contribution in [-0.4, -0.2) is 61.6 Å². The molecule has 0 aliphatic carbocycles. The Morgan fingerprint density at radius 3 is 2.50 bits per heavy atom. The van der Waals surface area contributed by atoms with Gasteiger partial charge in [0.1, 0.15) is 5.15 Å². The van der Waals surface area contributed by atoms with E-state index in [1.54, 1.807) is 45.9 Å². The van der Waals surface area contributed by atoms with Gasteiger partial charge in [0.15, 0.2) is 0 Å². The average Bonchev–Trinajstić information content (AvgIpc) is 3.25. The Hall–Kier alpha value is -2.94. The molecule has 0 N–H and O–H groups in total. The number of fused-ring (bicyclic) bond motifs is 1. The van der Waals surface area contributed by atoms with Gasteiger partial charge in [-0.1, -0.05) is 34.8 Å². The number of nitrogens with zero attached hydrogens (tertiary/aromatic N) is 7. The lowest BCUT2D eigenvalue weighted by molar-refractivity contribution is 0.0746. The maximum absolute atomic E-state index is 12.7. The number of amides is 1. The van der Waals surface area contributed by atoms with Crippen LogP contribution >= 0.6 is 34.8 Å². The van der Waals surface area contributed by atoms with Crippen LogP contribution in [0, 0.1) is 0 Å². The Morgan fingerprint density at radius 1 is 0.938 bits per heavy atom. The van der Waals surface area contributed by atoms with Crippen LogP contribution < -0.4 is 4.90 Å². The quantitative estimate of drug-likeness (QED) is 0.404. The van der Waals surface area contributed by atoms with Crippen LogP contribution in [0.2, 0.25) is 15.2 Å². The molecule has 0 atom stereocenters. The minimum absolute atomic E-state index is 0.0728. The van der Waals surface area contributed by atoms with Crippen molar-refractivity contribution >= 4 is 52.4 Å². The molecule has 8 nitrogen and oxygen atoms in total. The Kier molecular flexibility index (Phi) is 5.58. The minimum Gasteiger partial charge on any atom is -0.336 e. The minimum atomic E-state index is -0.0728. The topological polar surface area (TPSA) is 79.5 Å². The monoisotopic (exact) mass is 487 g/mol. The molecule has 162 valence electrons. The molecule has 5 rings (SSSR count). The summed E-state index contributed by atoms with van der Waals surface area (Å²) in [6, 6.07) is 10.4. The summed E-state index contributed by atoms with van der Waals surface area (Å²) in [6.45, 7) is 2.27. The molecule has 11 heteroatoms. The van der Waals surface area contributed by atoms with E-state index in [9.17, 15) is 4.79 Å². The molecule has 0 spiro atoms. The first-order chi connectivity index (χ1) is 15.5. The highest BCUT2D eigenvalue weighted by Crippen LogP contribution is 2.30. The van der Waals surface area contributed by atoms with E-state index in [1.165, 1.54) is 6.20 Å². The molecule has 0 bridgehead atoms. The molecule has 1 fully saturated rings. The third kappa shape index (κ3) is 3.97. The fourth-order valence-corrected chi connectivity index (χ4v) is 4.11. The standard InChI is InChI=1S/C21H16Cl3N7O/c22-14-2-3-16(23)15(11-14)17-5-6-25-20-27-21(28-31(17)20)30-9-7-29(8-10-30)19(32)13-1-4-18(24)26-12-13/h1-6,11-12H,7-10H2. The zero-order chi connectivity index (χ0) is 22.2. The molecule has 4 heterocycles. The fourth-order valence-electron chi connectivity index (χ4n) is 3.61. The second-order valence-corrected chi connectivity index (χ2v) is 8.46. The summed E-state index contributed by atoms with van der Waals surface area (Å²) in [5, 5.41) is 6.15. The van der Waals surface area contributed by atoms with Gasteiger partial charge in [0.05, 0.1) is 16.3 Å². The molecule has 1 aromatic carbocycles. The van der Waals surface area contributed by atoms with Crippen molar-refractivity contribution in [2.45, 2.75) is 0 Å². The number of hydrogen-bond donors (Lipinski definition) is 0. The van der Waals surface area contributed by atoms with Gasteiger partial charge in [-0.25, -0.2) is 9.97 Å². The van der Waals surface area contributed by atoms with Gasteiger partial charge in [0, 0.05) is 49.2 Å². The number of carbonyl (C=O) groups is 1. The lowest BCUT2D eigenvalue weighted by atomic mass is 10.1. The highest BCUT2D eigenvalue weighted by Gasteiger charge is 2.25. The van der Waals surface area contributed by atoms with Crippen LogP contribution in [0.4, 0.5) is 5.95 Å². The third-order valence-electron chi connectivity index (χ3n) is 5.26. The predicted octanol–water partition coefficient (Wildman–Crippen LogP) is 4.11. The van der Waals surface area contributed by atoms with Gasteiger partial charge < -0.3 is 9.80 Å². The SMILES string of the molecule is O=C(c1ccc(Cl)nc1)N1CCN(c2nc3nccc(-c4cc(Cl)ccc4Cl)n3n2)CC1. The van der Waals surface area contributed by atoms with Crippen molar-refractivity contribution in [1.82, 2.24) is 29.5 Å². The number of benzene rings is 1. The number of halogens is 3. The van der Waals surface area contributed by atoms with E-state index in [0.717, 1.165) is 11.3 Å². The summed E-state index contributed by atoms with van der Waals surface area (Å²) < 4.78 is 1.66. The molecule has 1 aliphatic heterocycles. The lowest BCUT2D eigenvalue weighted by Crippen LogP contribution is -2.49. The molecule has 0 saturated carbocycles. The van der Waals surface area contributed by atoms with E-state index in [2.05, 4.69) is 20.1 Å². The number of rotatable bonds is 3. The summed E-state index contributed by atoms with van der Waals surface area (Å²) in [6.07, 6.45) is 3.16. The summed E-state index contributed by atoms with van der Waals surface area (Å²) in [5.41, 5.74) is 2.00. The number of piperazine rings is 1. The number of pyridine rings is 1. The van der Waals surface area contributed by atoms with Gasteiger partial charge in [-0.3, -0.25) is 4.79 Å². The Balaban J connectivity index is 1.37. The van der Waals surface area contributed by atoms with Gasteiger partial charge in [-0.15, -0.1) is 5.10 Å². The smallest absolute Gasteiger partial charge is 0.255 e. The van der Waals surface area contributed by atoms with Gasteiger partial charge in [0.2, 0.25) is 5.95 Å². The molecule has 0 radical (unpaired) electrons. The molecule has 1 saturated heterocycles. The first-order valence-electron chi connectivity index (χ1n) is 9.82. The van der Waals surface area contributed by atoms with E-state index in [-0.39, 0.29) is 5.91 Å². The van der Waals surface area contributed by atoms with Crippen LogP contribution in [0.1, 0.15) is 10.4 Å². The Bertz CT molecular complexity index is 1300. The van der Waals surface area contributed by atoms with Crippen LogP contribution in [0.25, 0.3) is 17.0 Å². The number of anilines is 1. The summed E-state index contributed by atoms with van der Waals surface area (Å²) in [4.78, 5) is 29.4. The third-order valence-corrected chi connectivity index (χ3v) is 6.05. The van der Waals surface area contributed by atoms with Crippen LogP contribution in [0.3, 0.4) is 0 Å². The number of aromatic nitrogens is 5. The van der Waals surface area contributed by atoms with Gasteiger partial charge in [0.25, 0.3) is 11.7 Å². The predicted molar refractivity (Wildman–Crippen MR) is 124 cm³/mol. The Labute approximate surface area is 198 Å².